The van der Waals surface area contributed by atoms with Crippen LogP contribution in [0.1, 0.15) is 46.0 Å². The highest BCUT2D eigenvalue weighted by Crippen LogP contribution is 2.35. The van der Waals surface area contributed by atoms with Crippen molar-refractivity contribution in [1.29, 1.82) is 0 Å². The Morgan fingerprint density at radius 3 is 2.80 bits per heavy atom. The molecule has 1 unspecified atom stereocenters. The summed E-state index contributed by atoms with van der Waals surface area (Å²) in [4.78, 5) is 11.3. The molecule has 1 atom stereocenters. The molecule has 0 spiro atoms. The van der Waals surface area contributed by atoms with E-state index in [-0.39, 0.29) is 0 Å². The van der Waals surface area contributed by atoms with Gasteiger partial charge in [0.2, 0.25) is 0 Å². The maximum absolute atomic E-state index is 11.3. The van der Waals surface area contributed by atoms with Gasteiger partial charge in [-0.15, -0.1) is 0 Å². The molecule has 0 aromatic heterocycles. The van der Waals surface area contributed by atoms with Gasteiger partial charge >= 0.3 is 5.97 Å². The Labute approximate surface area is 91.7 Å². The summed E-state index contributed by atoms with van der Waals surface area (Å²) in [5, 5.41) is 9.29. The number of aliphatic carboxylic acids is 1. The summed E-state index contributed by atoms with van der Waals surface area (Å²) in [7, 11) is 0. The SMILES string of the molecule is CCC(C)=CCC1(C(=O)O)C=CCCC1. The van der Waals surface area contributed by atoms with Crippen molar-refractivity contribution in [2.45, 2.75) is 46.0 Å². The van der Waals surface area contributed by atoms with Gasteiger partial charge in [-0.3, -0.25) is 4.79 Å². The van der Waals surface area contributed by atoms with Crippen molar-refractivity contribution in [1.82, 2.24) is 0 Å². The van der Waals surface area contributed by atoms with Crippen molar-refractivity contribution in [2.24, 2.45) is 5.41 Å². The number of carboxylic acids is 1. The van der Waals surface area contributed by atoms with Crippen molar-refractivity contribution in [3.05, 3.63) is 23.8 Å². The molecule has 0 saturated heterocycles. The van der Waals surface area contributed by atoms with Gasteiger partial charge in [-0.05, 0) is 39.0 Å². The Kier molecular flexibility index (Phi) is 4.13. The van der Waals surface area contributed by atoms with Crippen molar-refractivity contribution in [3.8, 4) is 0 Å². The minimum atomic E-state index is -0.682. The fourth-order valence-electron chi connectivity index (χ4n) is 1.86. The average Bonchev–Trinajstić information content (AvgIpc) is 2.27. The van der Waals surface area contributed by atoms with Crippen LogP contribution in [-0.4, -0.2) is 11.1 Å². The van der Waals surface area contributed by atoms with E-state index in [2.05, 4.69) is 19.9 Å². The van der Waals surface area contributed by atoms with Gasteiger partial charge in [0.15, 0.2) is 0 Å². The van der Waals surface area contributed by atoms with Gasteiger partial charge < -0.3 is 5.11 Å². The third-order valence-electron chi connectivity index (χ3n) is 3.23. The summed E-state index contributed by atoms with van der Waals surface area (Å²) in [5.74, 6) is -0.682. The predicted molar refractivity (Wildman–Crippen MR) is 61.7 cm³/mol. The van der Waals surface area contributed by atoms with Crippen molar-refractivity contribution in [2.75, 3.05) is 0 Å². The van der Waals surface area contributed by atoms with E-state index < -0.39 is 11.4 Å². The van der Waals surface area contributed by atoms with Crippen LogP contribution < -0.4 is 0 Å². The van der Waals surface area contributed by atoms with Gasteiger partial charge in [0.25, 0.3) is 0 Å². The Bertz CT molecular complexity index is 289. The van der Waals surface area contributed by atoms with E-state index in [1.807, 2.05) is 12.2 Å². The maximum atomic E-state index is 11.3. The second kappa shape index (κ2) is 5.15. The van der Waals surface area contributed by atoms with Gasteiger partial charge in [-0.2, -0.15) is 0 Å². The van der Waals surface area contributed by atoms with Gasteiger partial charge in [0.1, 0.15) is 0 Å². The normalized spacial score (nSPS) is 26.7. The summed E-state index contributed by atoms with van der Waals surface area (Å²) in [5.41, 5.74) is 0.642. The number of carboxylic acid groups (broad SMARTS) is 1. The highest BCUT2D eigenvalue weighted by atomic mass is 16.4. The lowest BCUT2D eigenvalue weighted by atomic mass is 9.76. The predicted octanol–water partition coefficient (Wildman–Crippen LogP) is 3.54. The van der Waals surface area contributed by atoms with E-state index in [1.54, 1.807) is 0 Å². The molecule has 0 aromatic carbocycles. The lowest BCUT2D eigenvalue weighted by Gasteiger charge is -2.27. The first-order valence-electron chi connectivity index (χ1n) is 5.67. The molecule has 0 heterocycles. The lowest BCUT2D eigenvalue weighted by molar-refractivity contribution is -0.146. The van der Waals surface area contributed by atoms with Crippen LogP contribution >= 0.6 is 0 Å². The summed E-state index contributed by atoms with van der Waals surface area (Å²) in [6.45, 7) is 4.15. The molecule has 0 radical (unpaired) electrons. The molecule has 1 N–H and O–H groups in total. The van der Waals surface area contributed by atoms with Crippen molar-refractivity contribution < 1.29 is 9.90 Å². The van der Waals surface area contributed by atoms with Crippen molar-refractivity contribution in [3.63, 3.8) is 0 Å². The van der Waals surface area contributed by atoms with Crippen LogP contribution in [0.5, 0.6) is 0 Å². The molecule has 84 valence electrons. The standard InChI is InChI=1S/C13H20O2/c1-3-11(2)7-10-13(12(14)15)8-5-4-6-9-13/h5,7-8H,3-4,6,9-10H2,1-2H3,(H,14,15). The van der Waals surface area contributed by atoms with E-state index in [0.29, 0.717) is 6.42 Å². The fraction of sp³-hybridized carbons (Fsp3) is 0.615. The minimum absolute atomic E-state index is 0.630. The second-order valence-electron chi connectivity index (χ2n) is 4.36. The maximum Gasteiger partial charge on any atom is 0.313 e. The Balaban J connectivity index is 2.79. The second-order valence-corrected chi connectivity index (χ2v) is 4.36. The van der Waals surface area contributed by atoms with E-state index >= 15 is 0 Å². The first-order valence-corrected chi connectivity index (χ1v) is 5.67. The van der Waals surface area contributed by atoms with Crippen LogP contribution in [0, 0.1) is 5.41 Å². The number of hydrogen-bond acceptors (Lipinski definition) is 1. The summed E-state index contributed by atoms with van der Waals surface area (Å²) in [6, 6.07) is 0. The minimum Gasteiger partial charge on any atom is -0.481 e. The molecule has 0 aliphatic heterocycles. The Hall–Kier alpha value is -1.05. The molecule has 0 amide bonds. The van der Waals surface area contributed by atoms with Gasteiger partial charge in [0, 0.05) is 0 Å². The third-order valence-corrected chi connectivity index (χ3v) is 3.23. The van der Waals surface area contributed by atoms with Crippen LogP contribution in [0.25, 0.3) is 0 Å². The third kappa shape index (κ3) is 2.95. The number of hydrogen-bond donors (Lipinski definition) is 1. The molecule has 0 aromatic rings. The molecular formula is C13H20O2. The number of carbonyl (C=O) groups is 1. The molecule has 0 saturated carbocycles. The highest BCUT2D eigenvalue weighted by Gasteiger charge is 2.35. The average molecular weight is 208 g/mol. The van der Waals surface area contributed by atoms with E-state index in [9.17, 15) is 9.90 Å². The van der Waals surface area contributed by atoms with E-state index in [0.717, 1.165) is 25.7 Å². The lowest BCUT2D eigenvalue weighted by Crippen LogP contribution is -2.29. The van der Waals surface area contributed by atoms with E-state index in [1.165, 1.54) is 5.57 Å². The largest absolute Gasteiger partial charge is 0.481 e. The molecule has 0 bridgehead atoms. The number of rotatable bonds is 4. The zero-order valence-electron chi connectivity index (χ0n) is 9.62. The first-order chi connectivity index (χ1) is 7.10. The van der Waals surface area contributed by atoms with Crippen LogP contribution in [0.4, 0.5) is 0 Å². The zero-order valence-corrected chi connectivity index (χ0v) is 9.62. The smallest absolute Gasteiger partial charge is 0.313 e. The molecule has 15 heavy (non-hydrogen) atoms. The summed E-state index contributed by atoms with van der Waals surface area (Å²) in [6.07, 6.45) is 10.4. The topological polar surface area (TPSA) is 37.3 Å². The highest BCUT2D eigenvalue weighted by molar-refractivity contribution is 5.77. The van der Waals surface area contributed by atoms with Gasteiger partial charge in [-0.25, -0.2) is 0 Å². The van der Waals surface area contributed by atoms with Crippen LogP contribution in [0.3, 0.4) is 0 Å². The number of allylic oxidation sites excluding steroid dienone is 3. The van der Waals surface area contributed by atoms with Crippen LogP contribution in [0.15, 0.2) is 23.8 Å². The molecule has 2 nitrogen and oxygen atoms in total. The molecule has 0 fully saturated rings. The Morgan fingerprint density at radius 2 is 2.33 bits per heavy atom. The molecule has 1 rings (SSSR count). The fourth-order valence-corrected chi connectivity index (χ4v) is 1.86. The van der Waals surface area contributed by atoms with Gasteiger partial charge in [-0.1, -0.05) is 30.7 Å². The Morgan fingerprint density at radius 1 is 1.60 bits per heavy atom. The van der Waals surface area contributed by atoms with Crippen molar-refractivity contribution >= 4 is 5.97 Å². The van der Waals surface area contributed by atoms with Crippen LogP contribution in [-0.2, 0) is 4.79 Å². The van der Waals surface area contributed by atoms with E-state index in [4.69, 9.17) is 0 Å². The monoisotopic (exact) mass is 208 g/mol. The zero-order chi connectivity index (χ0) is 11.3. The first kappa shape index (κ1) is 12.0. The van der Waals surface area contributed by atoms with Gasteiger partial charge in [0.05, 0.1) is 5.41 Å². The van der Waals surface area contributed by atoms with Crippen LogP contribution in [0.2, 0.25) is 0 Å². The molecule has 2 heteroatoms. The molecular weight excluding hydrogens is 188 g/mol. The molecule has 1 aliphatic carbocycles. The quantitative estimate of drug-likeness (QED) is 0.717. The molecule has 1 aliphatic rings. The summed E-state index contributed by atoms with van der Waals surface area (Å²) < 4.78 is 0. The summed E-state index contributed by atoms with van der Waals surface area (Å²) >= 11 is 0.